The zero-order chi connectivity index (χ0) is 25.9. The van der Waals surface area contributed by atoms with Gasteiger partial charge in [-0.15, -0.1) is 0 Å². The van der Waals surface area contributed by atoms with Gasteiger partial charge < -0.3 is 25.3 Å². The summed E-state index contributed by atoms with van der Waals surface area (Å²) < 4.78 is 20.0. The molecule has 0 bridgehead atoms. The molecule has 1 aliphatic carbocycles. The van der Waals surface area contributed by atoms with Crippen molar-refractivity contribution in [1.82, 2.24) is 30.2 Å². The second-order valence-electron chi connectivity index (χ2n) is 10.2. The van der Waals surface area contributed by atoms with Gasteiger partial charge in [-0.05, 0) is 52.5 Å². The lowest BCUT2D eigenvalue weighted by Gasteiger charge is -2.31. The van der Waals surface area contributed by atoms with Crippen LogP contribution in [-0.2, 0) is 4.74 Å². The number of fused-ring (bicyclic) bond motifs is 1. The molecule has 194 valence electrons. The first kappa shape index (κ1) is 26.1. The number of aromatic amines is 1. The van der Waals surface area contributed by atoms with Gasteiger partial charge in [0, 0.05) is 55.6 Å². The van der Waals surface area contributed by atoms with E-state index >= 15 is 0 Å². The first-order valence-electron chi connectivity index (χ1n) is 12.2. The first-order valence-corrected chi connectivity index (χ1v) is 12.6. The van der Waals surface area contributed by atoms with Gasteiger partial charge in [-0.25, -0.2) is 24.1 Å². The minimum absolute atomic E-state index is 0.0659. The summed E-state index contributed by atoms with van der Waals surface area (Å²) in [6.45, 7) is 6.74. The lowest BCUT2D eigenvalue weighted by Crippen LogP contribution is -2.43. The van der Waals surface area contributed by atoms with E-state index in [0.717, 1.165) is 31.1 Å². The number of pyridine rings is 1. The molecule has 0 radical (unpaired) electrons. The Balaban J connectivity index is 1.35. The summed E-state index contributed by atoms with van der Waals surface area (Å²) >= 11 is 6.11. The zero-order valence-corrected chi connectivity index (χ0v) is 21.8. The number of aromatic nitrogens is 4. The first-order chi connectivity index (χ1) is 17.1. The monoisotopic (exact) mass is 517 g/mol. The Kier molecular flexibility index (Phi) is 7.94. The number of rotatable bonds is 7. The largest absolute Gasteiger partial charge is 0.444 e. The van der Waals surface area contributed by atoms with Crippen LogP contribution in [0.5, 0.6) is 0 Å². The number of ether oxygens (including phenoxy) is 1. The highest BCUT2D eigenvalue weighted by Gasteiger charge is 2.24. The van der Waals surface area contributed by atoms with Crippen LogP contribution >= 0.6 is 11.6 Å². The number of nitrogens with zero attached hydrogens (tertiary/aromatic N) is 4. The summed E-state index contributed by atoms with van der Waals surface area (Å²) in [6, 6.07) is 2.11. The normalized spacial score (nSPS) is 18.3. The summed E-state index contributed by atoms with van der Waals surface area (Å²) in [5.41, 5.74) is 0.852. The maximum atomic E-state index is 14.6. The average Bonchev–Trinajstić information content (AvgIpc) is 3.22. The van der Waals surface area contributed by atoms with Gasteiger partial charge >= 0.3 is 6.09 Å². The van der Waals surface area contributed by atoms with Gasteiger partial charge in [-0.1, -0.05) is 11.6 Å². The fourth-order valence-electron chi connectivity index (χ4n) is 4.33. The third kappa shape index (κ3) is 6.61. The molecule has 0 saturated heterocycles. The molecular formula is C25H33ClFN7O2. The van der Waals surface area contributed by atoms with Gasteiger partial charge in [-0.3, -0.25) is 0 Å². The fraction of sp³-hybridized carbons (Fsp3) is 0.520. The maximum absolute atomic E-state index is 14.6. The Hall–Kier alpha value is -2.98. The lowest BCUT2D eigenvalue weighted by atomic mass is 9.91. The fourth-order valence-corrected chi connectivity index (χ4v) is 4.49. The number of amides is 1. The van der Waals surface area contributed by atoms with E-state index in [-0.39, 0.29) is 24.0 Å². The number of anilines is 1. The van der Waals surface area contributed by atoms with Gasteiger partial charge in [0.05, 0.1) is 11.2 Å². The molecule has 36 heavy (non-hydrogen) atoms. The van der Waals surface area contributed by atoms with Gasteiger partial charge in [0.2, 0.25) is 0 Å². The van der Waals surface area contributed by atoms with Crippen LogP contribution in [0.3, 0.4) is 0 Å². The molecule has 1 unspecified atom stereocenters. The number of likely N-dealkylation sites (N-methyl/N-ethyl adjacent to an activating group) is 1. The molecule has 0 aromatic carbocycles. The van der Waals surface area contributed by atoms with Crippen molar-refractivity contribution in [3.05, 3.63) is 35.5 Å². The zero-order valence-electron chi connectivity index (χ0n) is 21.1. The number of H-pyrrole nitrogens is 1. The molecule has 3 aromatic rings. The van der Waals surface area contributed by atoms with Crippen LogP contribution in [0.15, 0.2) is 24.7 Å². The Labute approximate surface area is 215 Å². The molecule has 11 heteroatoms. The molecule has 9 nitrogen and oxygen atoms in total. The quantitative estimate of drug-likeness (QED) is 0.405. The highest BCUT2D eigenvalue weighted by Crippen LogP contribution is 2.29. The van der Waals surface area contributed by atoms with Crippen LogP contribution in [0.2, 0.25) is 5.02 Å². The maximum Gasteiger partial charge on any atom is 0.410 e. The van der Waals surface area contributed by atoms with E-state index in [0.29, 0.717) is 35.1 Å². The molecule has 1 fully saturated rings. The van der Waals surface area contributed by atoms with Gasteiger partial charge in [0.1, 0.15) is 11.2 Å². The molecule has 2 atom stereocenters. The van der Waals surface area contributed by atoms with Crippen molar-refractivity contribution < 1.29 is 13.9 Å². The predicted octanol–water partition coefficient (Wildman–Crippen LogP) is 4.99. The summed E-state index contributed by atoms with van der Waals surface area (Å²) in [5, 5.41) is 8.08. The topological polar surface area (TPSA) is 108 Å². The van der Waals surface area contributed by atoms with Gasteiger partial charge in [0.25, 0.3) is 0 Å². The minimum Gasteiger partial charge on any atom is -0.444 e. The molecular weight excluding hydrogens is 485 g/mol. The van der Waals surface area contributed by atoms with E-state index in [9.17, 15) is 9.18 Å². The predicted molar refractivity (Wildman–Crippen MR) is 139 cm³/mol. The summed E-state index contributed by atoms with van der Waals surface area (Å²) in [7, 11) is 1.73. The number of nitrogens with one attached hydrogen (secondary N) is 3. The molecule has 0 aliphatic heterocycles. The number of halogens is 2. The van der Waals surface area contributed by atoms with Crippen LogP contribution in [-0.4, -0.2) is 68.8 Å². The smallest absolute Gasteiger partial charge is 0.410 e. The number of carbonyl (C=O) groups is 1. The highest BCUT2D eigenvalue weighted by atomic mass is 35.5. The van der Waals surface area contributed by atoms with Crippen molar-refractivity contribution >= 4 is 34.5 Å². The third-order valence-corrected chi connectivity index (χ3v) is 6.29. The molecule has 3 N–H and O–H groups in total. The van der Waals surface area contributed by atoms with Crippen LogP contribution in [0.1, 0.15) is 46.5 Å². The van der Waals surface area contributed by atoms with Crippen molar-refractivity contribution in [2.45, 2.75) is 64.1 Å². The van der Waals surface area contributed by atoms with Crippen molar-refractivity contribution in [2.75, 3.05) is 25.5 Å². The van der Waals surface area contributed by atoms with E-state index in [1.165, 1.54) is 6.20 Å². The third-order valence-electron chi connectivity index (χ3n) is 6.08. The van der Waals surface area contributed by atoms with Crippen LogP contribution in [0.25, 0.3) is 22.4 Å². The molecule has 1 aliphatic rings. The molecule has 4 rings (SSSR count). The number of hydrogen-bond donors (Lipinski definition) is 3. The molecule has 3 aromatic heterocycles. The van der Waals surface area contributed by atoms with Crippen molar-refractivity contribution in [1.29, 1.82) is 0 Å². The van der Waals surface area contributed by atoms with E-state index < -0.39 is 11.4 Å². The van der Waals surface area contributed by atoms with Gasteiger partial charge in [-0.2, -0.15) is 0 Å². The Bertz CT molecular complexity index is 1210. The van der Waals surface area contributed by atoms with Crippen molar-refractivity contribution in [2.24, 2.45) is 0 Å². The SMILES string of the molecule is CN(CCN[C@@H]1CCCC(Nc2nc(-c3c[nH]c4ncc(Cl)cc34)ncc2F)C1)C(=O)OC(C)(C)C. The average molecular weight is 518 g/mol. The van der Waals surface area contributed by atoms with E-state index in [1.54, 1.807) is 30.4 Å². The van der Waals surface area contributed by atoms with Gasteiger partial charge in [0.15, 0.2) is 17.5 Å². The Morgan fingerprint density at radius 3 is 2.83 bits per heavy atom. The Morgan fingerprint density at radius 1 is 1.28 bits per heavy atom. The Morgan fingerprint density at radius 2 is 2.06 bits per heavy atom. The van der Waals surface area contributed by atoms with Crippen LogP contribution in [0, 0.1) is 5.82 Å². The number of carbonyl (C=O) groups excluding carboxylic acids is 1. The molecule has 0 spiro atoms. The van der Waals surface area contributed by atoms with Crippen molar-refractivity contribution in [3.8, 4) is 11.4 Å². The van der Waals surface area contributed by atoms with E-state index in [2.05, 4.69) is 30.6 Å². The van der Waals surface area contributed by atoms with Crippen LogP contribution in [0.4, 0.5) is 15.0 Å². The summed E-state index contributed by atoms with van der Waals surface area (Å²) in [5.74, 6) is 0.0772. The highest BCUT2D eigenvalue weighted by molar-refractivity contribution is 6.31. The van der Waals surface area contributed by atoms with Crippen LogP contribution < -0.4 is 10.6 Å². The summed E-state index contributed by atoms with van der Waals surface area (Å²) in [4.78, 5) is 29.7. The van der Waals surface area contributed by atoms with Crippen molar-refractivity contribution in [3.63, 3.8) is 0 Å². The second kappa shape index (κ2) is 11.0. The minimum atomic E-state index is -0.519. The summed E-state index contributed by atoms with van der Waals surface area (Å²) in [6.07, 6.45) is 7.93. The van der Waals surface area contributed by atoms with E-state index in [4.69, 9.17) is 16.3 Å². The molecule has 3 heterocycles. The lowest BCUT2D eigenvalue weighted by molar-refractivity contribution is 0.0299. The molecule has 1 amide bonds. The standard InChI is InChI=1S/C25H33ClFN7O2/c1-25(2,3)36-24(35)34(4)9-8-28-16-6-5-7-17(11-16)32-23-20(27)14-31-22(33-23)19-13-30-21-18(19)10-15(26)12-29-21/h10,12-14,16-17,28H,5-9,11H2,1-4H3,(H,29,30)(H,31,32,33)/t16-,17?/m1/s1. The number of hydrogen-bond acceptors (Lipinski definition) is 7. The second-order valence-corrected chi connectivity index (χ2v) is 10.6. The molecule has 1 saturated carbocycles. The van der Waals surface area contributed by atoms with E-state index in [1.807, 2.05) is 20.8 Å².